The molecule has 148 valence electrons. The second-order valence-corrected chi connectivity index (χ2v) is 6.48. The Bertz CT molecular complexity index is 915. The van der Waals surface area contributed by atoms with Crippen molar-refractivity contribution in [3.05, 3.63) is 48.3 Å². The van der Waals surface area contributed by atoms with Crippen molar-refractivity contribution in [2.75, 3.05) is 14.2 Å². The van der Waals surface area contributed by atoms with Crippen LogP contribution < -0.4 is 0 Å². The molecule has 2 aromatic heterocycles. The largest absolute Gasteiger partial charge is 0.469 e. The van der Waals surface area contributed by atoms with Gasteiger partial charge in [-0.1, -0.05) is 0 Å². The maximum Gasteiger partial charge on any atom is 0.317 e. The summed E-state index contributed by atoms with van der Waals surface area (Å²) in [6, 6.07) is 9.78. The number of methoxy groups -OCH3 is 2. The minimum absolute atomic E-state index is 0.0664. The number of rotatable bonds is 4. The highest BCUT2D eigenvalue weighted by molar-refractivity contribution is 6.11. The second kappa shape index (κ2) is 7.64. The van der Waals surface area contributed by atoms with Crippen molar-refractivity contribution in [1.29, 1.82) is 10.5 Å². The molecule has 9 nitrogen and oxygen atoms in total. The normalized spacial score (nSPS) is 25.4. The molecule has 1 fully saturated rings. The first-order valence-electron chi connectivity index (χ1n) is 8.55. The van der Waals surface area contributed by atoms with Gasteiger partial charge in [0.2, 0.25) is 0 Å². The lowest BCUT2D eigenvalue weighted by molar-refractivity contribution is -0.163. The maximum atomic E-state index is 13.4. The van der Waals surface area contributed by atoms with Crippen LogP contribution >= 0.6 is 0 Å². The van der Waals surface area contributed by atoms with Gasteiger partial charge in [-0.2, -0.15) is 10.5 Å². The number of hydrogen-bond acceptors (Lipinski definition) is 9. The first-order valence-corrected chi connectivity index (χ1v) is 8.55. The number of nitriles is 2. The van der Waals surface area contributed by atoms with Crippen LogP contribution in [-0.4, -0.2) is 31.9 Å². The van der Waals surface area contributed by atoms with E-state index < -0.39 is 46.8 Å². The molecule has 0 saturated heterocycles. The molecule has 29 heavy (non-hydrogen) atoms. The molecule has 0 amide bonds. The van der Waals surface area contributed by atoms with E-state index in [9.17, 15) is 24.9 Å². The van der Waals surface area contributed by atoms with Gasteiger partial charge in [0.25, 0.3) is 0 Å². The predicted octanol–water partition coefficient (Wildman–Crippen LogP) is 1.93. The molecule has 4 atom stereocenters. The molecule has 1 aliphatic carbocycles. The fourth-order valence-electron chi connectivity index (χ4n) is 4.02. The van der Waals surface area contributed by atoms with E-state index in [1.807, 2.05) is 12.1 Å². The Hall–Kier alpha value is -3.85. The zero-order valence-corrected chi connectivity index (χ0v) is 15.5. The number of hydrogen-bond donors (Lipinski definition) is 0. The zero-order chi connectivity index (χ0) is 21.2. The first-order chi connectivity index (χ1) is 14.0. The average Bonchev–Trinajstić information content (AvgIpc) is 3.45. The van der Waals surface area contributed by atoms with Crippen molar-refractivity contribution in [2.24, 2.45) is 17.3 Å². The maximum absolute atomic E-state index is 13.4. The van der Waals surface area contributed by atoms with Crippen molar-refractivity contribution in [1.82, 2.24) is 0 Å². The summed E-state index contributed by atoms with van der Waals surface area (Å²) in [4.78, 5) is 38.5. The molecule has 9 heteroatoms. The van der Waals surface area contributed by atoms with Crippen LogP contribution in [0.4, 0.5) is 0 Å². The van der Waals surface area contributed by atoms with Gasteiger partial charge >= 0.3 is 11.9 Å². The molecular formula is C20H16N2O7. The second-order valence-electron chi connectivity index (χ2n) is 6.48. The van der Waals surface area contributed by atoms with E-state index in [1.165, 1.54) is 36.8 Å². The van der Waals surface area contributed by atoms with Crippen LogP contribution in [0.25, 0.3) is 0 Å². The molecule has 2 heterocycles. The predicted molar refractivity (Wildman–Crippen MR) is 92.6 cm³/mol. The molecule has 0 spiro atoms. The van der Waals surface area contributed by atoms with Crippen LogP contribution in [0.3, 0.4) is 0 Å². The number of ether oxygens (including phenoxy) is 2. The topological polar surface area (TPSA) is 144 Å². The van der Waals surface area contributed by atoms with Crippen LogP contribution in [0.1, 0.15) is 23.4 Å². The summed E-state index contributed by atoms with van der Waals surface area (Å²) < 4.78 is 20.3. The van der Waals surface area contributed by atoms with Gasteiger partial charge in [-0.15, -0.1) is 0 Å². The molecule has 0 unspecified atom stereocenters. The van der Waals surface area contributed by atoms with Gasteiger partial charge in [-0.25, -0.2) is 0 Å². The van der Waals surface area contributed by atoms with Crippen molar-refractivity contribution < 1.29 is 32.7 Å². The number of carbonyl (C=O) groups excluding carboxylic acids is 3. The summed E-state index contributed by atoms with van der Waals surface area (Å²) in [5, 5.41) is 20.3. The molecule has 0 bridgehead atoms. The lowest BCUT2D eigenvalue weighted by atomic mass is 9.52. The van der Waals surface area contributed by atoms with Crippen LogP contribution in [0.15, 0.2) is 45.6 Å². The minimum atomic E-state index is -2.07. The third-order valence-electron chi connectivity index (χ3n) is 5.24. The SMILES string of the molecule is COC(=O)[C@@H]1C(=O)[C@H](C(=O)OC)[C@@H](c2ccco2)C(C#N)(C#N)[C@@H]1c1ccco1. The molecule has 0 aromatic carbocycles. The molecular weight excluding hydrogens is 380 g/mol. The third kappa shape index (κ3) is 2.88. The Labute approximate surface area is 165 Å². The van der Waals surface area contributed by atoms with Crippen LogP contribution in [0.5, 0.6) is 0 Å². The van der Waals surface area contributed by atoms with E-state index in [1.54, 1.807) is 0 Å². The standard InChI is InChI=1S/C20H16N2O7/c1-26-18(24)13-15(11-5-3-7-28-11)20(9-21,10-22)16(12-6-4-8-29-12)14(17(13)23)19(25)27-2/h3-8,13-16H,1-2H3/t13-,14+,15-,16-/m1/s1. The fraction of sp³-hybridized carbons (Fsp3) is 0.350. The number of esters is 2. The highest BCUT2D eigenvalue weighted by atomic mass is 16.5. The van der Waals surface area contributed by atoms with Crippen molar-refractivity contribution >= 4 is 17.7 Å². The summed E-state index contributed by atoms with van der Waals surface area (Å²) in [6.07, 6.45) is 2.59. The lowest BCUT2D eigenvalue weighted by Gasteiger charge is -2.44. The Morgan fingerprint density at radius 3 is 1.62 bits per heavy atom. The van der Waals surface area contributed by atoms with Crippen LogP contribution in [-0.2, 0) is 23.9 Å². The Kier molecular flexibility index (Phi) is 5.24. The summed E-state index contributed by atoms with van der Waals surface area (Å²) in [6.45, 7) is 0. The lowest BCUT2D eigenvalue weighted by Crippen LogP contribution is -2.55. The fourth-order valence-corrected chi connectivity index (χ4v) is 4.02. The summed E-state index contributed by atoms with van der Waals surface area (Å²) in [5.41, 5.74) is -2.07. The van der Waals surface area contributed by atoms with Gasteiger partial charge in [0, 0.05) is 0 Å². The Morgan fingerprint density at radius 2 is 1.34 bits per heavy atom. The number of furan rings is 2. The molecule has 0 radical (unpaired) electrons. The quantitative estimate of drug-likeness (QED) is 0.559. The van der Waals surface area contributed by atoms with E-state index in [4.69, 9.17) is 18.3 Å². The highest BCUT2D eigenvalue weighted by Crippen LogP contribution is 2.58. The van der Waals surface area contributed by atoms with Gasteiger partial charge in [-0.3, -0.25) is 14.4 Å². The van der Waals surface area contributed by atoms with E-state index >= 15 is 0 Å². The number of nitrogens with zero attached hydrogens (tertiary/aromatic N) is 2. The van der Waals surface area contributed by atoms with Crippen molar-refractivity contribution in [3.63, 3.8) is 0 Å². The minimum Gasteiger partial charge on any atom is -0.469 e. The molecule has 1 aliphatic rings. The number of Topliss-reactive ketones (excluding diaryl/α,β-unsaturated/α-hetero) is 1. The van der Waals surface area contributed by atoms with Crippen LogP contribution in [0, 0.1) is 39.9 Å². The molecule has 1 saturated carbocycles. The third-order valence-corrected chi connectivity index (χ3v) is 5.24. The monoisotopic (exact) mass is 396 g/mol. The Morgan fingerprint density at radius 1 is 0.931 bits per heavy atom. The average molecular weight is 396 g/mol. The van der Waals surface area contributed by atoms with E-state index in [-0.39, 0.29) is 11.5 Å². The van der Waals surface area contributed by atoms with E-state index in [0.717, 1.165) is 14.2 Å². The summed E-state index contributed by atoms with van der Waals surface area (Å²) in [5.74, 6) is -8.59. The van der Waals surface area contributed by atoms with Crippen molar-refractivity contribution in [2.45, 2.75) is 11.8 Å². The number of ketones is 1. The zero-order valence-electron chi connectivity index (χ0n) is 15.5. The van der Waals surface area contributed by atoms with Gasteiger partial charge < -0.3 is 18.3 Å². The van der Waals surface area contributed by atoms with E-state index in [0.29, 0.717) is 0 Å². The van der Waals surface area contributed by atoms with Gasteiger partial charge in [0.1, 0.15) is 23.4 Å². The highest BCUT2D eigenvalue weighted by Gasteiger charge is 2.67. The molecule has 0 N–H and O–H groups in total. The van der Waals surface area contributed by atoms with Crippen molar-refractivity contribution in [3.8, 4) is 12.1 Å². The van der Waals surface area contributed by atoms with Gasteiger partial charge in [0.05, 0.1) is 50.7 Å². The molecule has 2 aromatic rings. The van der Waals surface area contributed by atoms with Gasteiger partial charge in [0.15, 0.2) is 11.2 Å². The molecule has 0 aliphatic heterocycles. The number of carbonyl (C=O) groups is 3. The van der Waals surface area contributed by atoms with Gasteiger partial charge in [-0.05, 0) is 24.3 Å². The van der Waals surface area contributed by atoms with E-state index in [2.05, 4.69) is 0 Å². The summed E-state index contributed by atoms with van der Waals surface area (Å²) in [7, 11) is 2.14. The van der Waals surface area contributed by atoms with Crippen LogP contribution in [0.2, 0.25) is 0 Å². The summed E-state index contributed by atoms with van der Waals surface area (Å²) >= 11 is 0. The molecule has 3 rings (SSSR count). The first kappa shape index (κ1) is 19.9. The Balaban J connectivity index is 2.36. The smallest absolute Gasteiger partial charge is 0.317 e.